The Labute approximate surface area is 116 Å². The highest BCUT2D eigenvalue weighted by Crippen LogP contribution is 2.20. The summed E-state index contributed by atoms with van der Waals surface area (Å²) in [6, 6.07) is 9.11. The summed E-state index contributed by atoms with van der Waals surface area (Å²) in [6.45, 7) is 2.30. The molecule has 3 heteroatoms. The maximum absolute atomic E-state index is 5.26. The molecule has 0 spiro atoms. The molecule has 0 saturated heterocycles. The summed E-state index contributed by atoms with van der Waals surface area (Å²) >= 11 is 0. The summed E-state index contributed by atoms with van der Waals surface area (Å²) in [4.78, 5) is 2.30. The van der Waals surface area contributed by atoms with Crippen LogP contribution < -0.4 is 15.0 Å². The molecule has 0 radical (unpaired) electrons. The minimum Gasteiger partial charge on any atom is -0.497 e. The van der Waals surface area contributed by atoms with Gasteiger partial charge in [-0.2, -0.15) is 0 Å². The van der Waals surface area contributed by atoms with E-state index < -0.39 is 0 Å². The highest BCUT2D eigenvalue weighted by Gasteiger charge is 2.19. The first-order chi connectivity index (χ1) is 9.29. The van der Waals surface area contributed by atoms with E-state index >= 15 is 0 Å². The first-order valence-corrected chi connectivity index (χ1v) is 7.38. The molecule has 2 rings (SSSR count). The van der Waals surface area contributed by atoms with Crippen LogP contribution in [0.25, 0.3) is 0 Å². The molecule has 0 amide bonds. The molecule has 106 valence electrons. The zero-order valence-electron chi connectivity index (χ0n) is 12.2. The number of nitrogens with zero attached hydrogens (tertiary/aromatic N) is 1. The summed E-state index contributed by atoms with van der Waals surface area (Å²) in [6.07, 6.45) is 6.62. The van der Waals surface area contributed by atoms with Crippen molar-refractivity contribution in [3.63, 3.8) is 0 Å². The van der Waals surface area contributed by atoms with Crippen molar-refractivity contribution < 1.29 is 4.74 Å². The summed E-state index contributed by atoms with van der Waals surface area (Å²) < 4.78 is 5.26. The van der Waals surface area contributed by atoms with Crippen LogP contribution in [0.4, 0.5) is 5.69 Å². The molecule has 0 bridgehead atoms. The predicted molar refractivity (Wildman–Crippen MR) is 81.1 cm³/mol. The fourth-order valence-corrected chi connectivity index (χ4v) is 2.22. The van der Waals surface area contributed by atoms with Crippen LogP contribution >= 0.6 is 0 Å². The molecule has 0 unspecified atom stereocenters. The van der Waals surface area contributed by atoms with Crippen molar-refractivity contribution in [1.29, 1.82) is 0 Å². The molecule has 1 N–H and O–H groups in total. The minimum atomic E-state index is 0.847. The predicted octanol–water partition coefficient (Wildman–Crippen LogP) is 3.05. The quantitative estimate of drug-likeness (QED) is 0.692. The van der Waals surface area contributed by atoms with E-state index in [0.717, 1.165) is 18.3 Å². The molecular formula is C16H26N2O. The number of nitrogens with one attached hydrogen (secondary N) is 1. The molecule has 1 saturated carbocycles. The van der Waals surface area contributed by atoms with Crippen molar-refractivity contribution >= 4 is 5.69 Å². The second-order valence-corrected chi connectivity index (χ2v) is 5.41. The van der Waals surface area contributed by atoms with Crippen molar-refractivity contribution in [2.75, 3.05) is 32.1 Å². The average Bonchev–Trinajstić information content (AvgIpc) is 3.26. The van der Waals surface area contributed by atoms with Crippen LogP contribution in [0.1, 0.15) is 32.1 Å². The Morgan fingerprint density at radius 3 is 2.84 bits per heavy atom. The molecule has 1 fully saturated rings. The topological polar surface area (TPSA) is 24.5 Å². The summed E-state index contributed by atoms with van der Waals surface area (Å²) in [5.74, 6) is 0.929. The highest BCUT2D eigenvalue weighted by atomic mass is 16.5. The molecule has 0 heterocycles. The van der Waals surface area contributed by atoms with Gasteiger partial charge in [0.15, 0.2) is 0 Å². The van der Waals surface area contributed by atoms with Gasteiger partial charge in [-0.05, 0) is 44.4 Å². The highest BCUT2D eigenvalue weighted by molar-refractivity contribution is 5.49. The van der Waals surface area contributed by atoms with Gasteiger partial charge in [-0.15, -0.1) is 0 Å². The van der Waals surface area contributed by atoms with Crippen molar-refractivity contribution in [2.45, 2.75) is 38.1 Å². The number of unbranched alkanes of at least 4 members (excludes halogenated alkanes) is 2. The number of methoxy groups -OCH3 is 1. The van der Waals surface area contributed by atoms with Crippen LogP contribution in [0.15, 0.2) is 24.3 Å². The van der Waals surface area contributed by atoms with Gasteiger partial charge in [0.25, 0.3) is 0 Å². The molecule has 0 atom stereocenters. The third-order valence-corrected chi connectivity index (χ3v) is 3.67. The van der Waals surface area contributed by atoms with Crippen LogP contribution in [-0.4, -0.2) is 33.3 Å². The number of anilines is 1. The summed E-state index contributed by atoms with van der Waals surface area (Å²) in [5, 5.41) is 3.56. The third-order valence-electron chi connectivity index (χ3n) is 3.67. The van der Waals surface area contributed by atoms with Gasteiger partial charge in [-0.3, -0.25) is 0 Å². The van der Waals surface area contributed by atoms with E-state index in [1.807, 2.05) is 12.1 Å². The van der Waals surface area contributed by atoms with Crippen molar-refractivity contribution in [1.82, 2.24) is 5.32 Å². The Kier molecular flexibility index (Phi) is 5.52. The lowest BCUT2D eigenvalue weighted by Gasteiger charge is -2.19. The Bertz CT molecular complexity index is 377. The van der Waals surface area contributed by atoms with Gasteiger partial charge in [0.1, 0.15) is 5.75 Å². The molecule has 1 aromatic carbocycles. The zero-order valence-corrected chi connectivity index (χ0v) is 12.2. The van der Waals surface area contributed by atoms with E-state index in [0.29, 0.717) is 0 Å². The second-order valence-electron chi connectivity index (χ2n) is 5.41. The van der Waals surface area contributed by atoms with E-state index in [1.54, 1.807) is 7.11 Å². The zero-order chi connectivity index (χ0) is 13.5. The Balaban J connectivity index is 1.60. The maximum atomic E-state index is 5.26. The van der Waals surface area contributed by atoms with Gasteiger partial charge in [-0.25, -0.2) is 0 Å². The normalized spacial score (nSPS) is 14.4. The number of hydrogen-bond donors (Lipinski definition) is 1. The van der Waals surface area contributed by atoms with Gasteiger partial charge in [-0.1, -0.05) is 12.5 Å². The minimum absolute atomic E-state index is 0.847. The van der Waals surface area contributed by atoms with Crippen molar-refractivity contribution in [2.24, 2.45) is 0 Å². The van der Waals surface area contributed by atoms with E-state index in [9.17, 15) is 0 Å². The second kappa shape index (κ2) is 7.39. The lowest BCUT2D eigenvalue weighted by atomic mass is 10.2. The number of benzene rings is 1. The number of rotatable bonds is 9. The van der Waals surface area contributed by atoms with Crippen LogP contribution in [-0.2, 0) is 0 Å². The van der Waals surface area contributed by atoms with Crippen molar-refractivity contribution in [3.8, 4) is 5.75 Å². The van der Waals surface area contributed by atoms with E-state index in [-0.39, 0.29) is 0 Å². The molecule has 1 aliphatic carbocycles. The van der Waals surface area contributed by atoms with E-state index in [2.05, 4.69) is 29.4 Å². The summed E-state index contributed by atoms with van der Waals surface area (Å²) in [5.41, 5.74) is 1.23. The summed E-state index contributed by atoms with van der Waals surface area (Å²) in [7, 11) is 3.86. The average molecular weight is 262 g/mol. The number of hydrogen-bond acceptors (Lipinski definition) is 3. The first kappa shape index (κ1) is 14.2. The number of ether oxygens (including phenoxy) is 1. The van der Waals surface area contributed by atoms with Crippen LogP contribution in [0.5, 0.6) is 5.75 Å². The smallest absolute Gasteiger partial charge is 0.120 e. The molecule has 19 heavy (non-hydrogen) atoms. The van der Waals surface area contributed by atoms with Gasteiger partial charge >= 0.3 is 0 Å². The molecular weight excluding hydrogens is 236 g/mol. The Morgan fingerprint density at radius 1 is 1.26 bits per heavy atom. The Hall–Kier alpha value is -1.22. The van der Waals surface area contributed by atoms with Gasteiger partial charge in [0.2, 0.25) is 0 Å². The van der Waals surface area contributed by atoms with Gasteiger partial charge < -0.3 is 15.0 Å². The van der Waals surface area contributed by atoms with Crippen molar-refractivity contribution in [3.05, 3.63) is 24.3 Å². The molecule has 0 aromatic heterocycles. The fourth-order valence-electron chi connectivity index (χ4n) is 2.22. The van der Waals surface area contributed by atoms with Crippen LogP contribution in [0.3, 0.4) is 0 Å². The Morgan fingerprint density at radius 2 is 2.11 bits per heavy atom. The fraction of sp³-hybridized carbons (Fsp3) is 0.625. The standard InChI is InChI=1S/C16H26N2O/c1-18(15-7-6-8-16(13-15)19-2)12-5-3-4-11-17-14-9-10-14/h6-8,13-14,17H,3-5,9-12H2,1-2H3. The van der Waals surface area contributed by atoms with E-state index in [4.69, 9.17) is 4.74 Å². The SMILES string of the molecule is COc1cccc(N(C)CCCCCNC2CC2)c1. The maximum Gasteiger partial charge on any atom is 0.120 e. The largest absolute Gasteiger partial charge is 0.497 e. The third kappa shape index (κ3) is 5.11. The first-order valence-electron chi connectivity index (χ1n) is 7.38. The monoisotopic (exact) mass is 262 g/mol. The molecule has 3 nitrogen and oxygen atoms in total. The molecule has 0 aliphatic heterocycles. The van der Waals surface area contributed by atoms with E-state index in [1.165, 1.54) is 44.3 Å². The van der Waals surface area contributed by atoms with Gasteiger partial charge in [0.05, 0.1) is 7.11 Å². The lowest BCUT2D eigenvalue weighted by Crippen LogP contribution is -2.20. The van der Waals surface area contributed by atoms with Gasteiger partial charge in [0, 0.05) is 31.4 Å². The molecule has 1 aliphatic rings. The lowest BCUT2D eigenvalue weighted by molar-refractivity contribution is 0.415. The van der Waals surface area contributed by atoms with Crippen LogP contribution in [0.2, 0.25) is 0 Å². The molecule has 1 aromatic rings. The van der Waals surface area contributed by atoms with Crippen LogP contribution in [0, 0.1) is 0 Å².